The summed E-state index contributed by atoms with van der Waals surface area (Å²) in [6.07, 6.45) is 1.64. The molecular weight excluding hydrogens is 440 g/mol. The van der Waals surface area contributed by atoms with Gasteiger partial charge >= 0.3 is 5.97 Å². The molecule has 1 aliphatic heterocycles. The monoisotopic (exact) mass is 458 g/mol. The highest BCUT2D eigenvalue weighted by Gasteiger charge is 2.32. The van der Waals surface area contributed by atoms with Crippen molar-refractivity contribution in [2.24, 2.45) is 5.73 Å². The lowest BCUT2D eigenvalue weighted by molar-refractivity contribution is 0.0734. The molecule has 3 aromatic carbocycles. The number of nitriles is 1. The van der Waals surface area contributed by atoms with Gasteiger partial charge in [0.05, 0.1) is 11.5 Å². The van der Waals surface area contributed by atoms with Crippen molar-refractivity contribution in [3.63, 3.8) is 0 Å². The van der Waals surface area contributed by atoms with Crippen molar-refractivity contribution >= 4 is 17.6 Å². The second kappa shape index (κ2) is 9.51. The Balaban J connectivity index is 1.61. The van der Waals surface area contributed by atoms with E-state index in [4.69, 9.17) is 31.5 Å². The van der Waals surface area contributed by atoms with Crippen LogP contribution in [0.3, 0.4) is 0 Å². The molecule has 33 heavy (non-hydrogen) atoms. The first-order chi connectivity index (χ1) is 16.0. The Morgan fingerprint density at radius 1 is 1.12 bits per heavy atom. The Morgan fingerprint density at radius 3 is 2.55 bits per heavy atom. The zero-order chi connectivity index (χ0) is 23.4. The Kier molecular flexibility index (Phi) is 6.34. The van der Waals surface area contributed by atoms with Gasteiger partial charge in [-0.15, -0.1) is 0 Å². The van der Waals surface area contributed by atoms with Crippen LogP contribution in [0.1, 0.15) is 27.4 Å². The molecule has 0 saturated carbocycles. The SMILES string of the molecule is C=CCOc1ccc(C(=O)Oc2ccc3c(c2)OC(N)=C(C#N)C3c2ccccc2Cl)cc1. The number of halogens is 1. The second-order valence-electron chi connectivity index (χ2n) is 7.16. The van der Waals surface area contributed by atoms with Crippen LogP contribution in [0, 0.1) is 11.3 Å². The lowest BCUT2D eigenvalue weighted by atomic mass is 9.83. The van der Waals surface area contributed by atoms with Gasteiger partial charge in [0.15, 0.2) is 0 Å². The third-order valence-electron chi connectivity index (χ3n) is 5.08. The van der Waals surface area contributed by atoms with E-state index in [1.54, 1.807) is 54.6 Å². The summed E-state index contributed by atoms with van der Waals surface area (Å²) in [7, 11) is 0. The van der Waals surface area contributed by atoms with E-state index in [1.807, 2.05) is 18.2 Å². The van der Waals surface area contributed by atoms with Gasteiger partial charge in [-0.05, 0) is 42.0 Å². The molecule has 6 nitrogen and oxygen atoms in total. The largest absolute Gasteiger partial charge is 0.490 e. The first-order valence-electron chi connectivity index (χ1n) is 10.0. The van der Waals surface area contributed by atoms with Crippen LogP contribution >= 0.6 is 11.6 Å². The molecule has 0 amide bonds. The number of hydrogen-bond donors (Lipinski definition) is 1. The van der Waals surface area contributed by atoms with Crippen LogP contribution in [0.2, 0.25) is 5.02 Å². The Bertz CT molecular complexity index is 1290. The van der Waals surface area contributed by atoms with Crippen molar-refractivity contribution in [3.8, 4) is 23.3 Å². The highest BCUT2D eigenvalue weighted by molar-refractivity contribution is 6.31. The molecule has 0 saturated heterocycles. The van der Waals surface area contributed by atoms with E-state index < -0.39 is 11.9 Å². The molecule has 1 heterocycles. The molecule has 4 rings (SSSR count). The van der Waals surface area contributed by atoms with Crippen molar-refractivity contribution in [2.75, 3.05) is 6.61 Å². The highest BCUT2D eigenvalue weighted by Crippen LogP contribution is 2.45. The zero-order valence-corrected chi connectivity index (χ0v) is 18.2. The number of benzene rings is 3. The lowest BCUT2D eigenvalue weighted by Crippen LogP contribution is -2.21. The first kappa shape index (κ1) is 22.0. The van der Waals surface area contributed by atoms with Gasteiger partial charge in [0.25, 0.3) is 0 Å². The summed E-state index contributed by atoms with van der Waals surface area (Å²) < 4.78 is 16.6. The average Bonchev–Trinajstić information content (AvgIpc) is 2.82. The molecule has 2 N–H and O–H groups in total. The minimum Gasteiger partial charge on any atom is -0.490 e. The summed E-state index contributed by atoms with van der Waals surface area (Å²) in [4.78, 5) is 12.6. The van der Waals surface area contributed by atoms with Gasteiger partial charge in [-0.3, -0.25) is 0 Å². The zero-order valence-electron chi connectivity index (χ0n) is 17.5. The number of carbonyl (C=O) groups is 1. The van der Waals surface area contributed by atoms with E-state index in [0.717, 1.165) is 5.56 Å². The molecule has 1 unspecified atom stereocenters. The number of fused-ring (bicyclic) bond motifs is 1. The predicted molar refractivity (Wildman–Crippen MR) is 124 cm³/mol. The van der Waals surface area contributed by atoms with Crippen LogP contribution < -0.4 is 19.9 Å². The summed E-state index contributed by atoms with van der Waals surface area (Å²) in [6.45, 7) is 3.97. The number of rotatable bonds is 6. The summed E-state index contributed by atoms with van der Waals surface area (Å²) in [5.74, 6) is 0.222. The molecule has 0 radical (unpaired) electrons. The summed E-state index contributed by atoms with van der Waals surface area (Å²) >= 11 is 6.40. The Hall–Kier alpha value is -4.21. The average molecular weight is 459 g/mol. The fourth-order valence-corrected chi connectivity index (χ4v) is 3.78. The van der Waals surface area contributed by atoms with Gasteiger partial charge < -0.3 is 19.9 Å². The fraction of sp³-hybridized carbons (Fsp3) is 0.0769. The molecular formula is C26H19ClN2O4. The lowest BCUT2D eigenvalue weighted by Gasteiger charge is -2.27. The highest BCUT2D eigenvalue weighted by atomic mass is 35.5. The summed E-state index contributed by atoms with van der Waals surface area (Å²) in [6, 6.07) is 20.9. The molecule has 0 fully saturated rings. The summed E-state index contributed by atoms with van der Waals surface area (Å²) in [5, 5.41) is 10.2. The van der Waals surface area contributed by atoms with E-state index >= 15 is 0 Å². The minimum atomic E-state index is -0.537. The van der Waals surface area contributed by atoms with E-state index in [-0.39, 0.29) is 17.2 Å². The maximum absolute atomic E-state index is 12.6. The standard InChI is InChI=1S/C26H19ClN2O4/c1-2-13-31-17-9-7-16(8-10-17)26(30)32-18-11-12-20-23(14-18)33-25(29)21(15-28)24(20)19-5-3-4-6-22(19)27/h2-12,14,24H,1,13,29H2. The fourth-order valence-electron chi connectivity index (χ4n) is 3.54. The van der Waals surface area contributed by atoms with Crippen LogP contribution in [-0.2, 0) is 0 Å². The van der Waals surface area contributed by atoms with Gasteiger partial charge in [-0.25, -0.2) is 4.79 Å². The molecule has 0 bridgehead atoms. The van der Waals surface area contributed by atoms with Crippen LogP contribution in [0.15, 0.2) is 90.8 Å². The minimum absolute atomic E-state index is 0.0199. The number of allylic oxidation sites excluding steroid dienone is 1. The number of carbonyl (C=O) groups excluding carboxylic acids is 1. The first-order valence-corrected chi connectivity index (χ1v) is 10.4. The van der Waals surface area contributed by atoms with Crippen LogP contribution in [0.4, 0.5) is 0 Å². The Labute approximate surface area is 196 Å². The number of ether oxygens (including phenoxy) is 3. The van der Waals surface area contributed by atoms with Crippen molar-refractivity contribution in [1.29, 1.82) is 5.26 Å². The number of nitrogens with zero attached hydrogens (tertiary/aromatic N) is 1. The molecule has 164 valence electrons. The molecule has 1 atom stereocenters. The molecule has 0 aromatic heterocycles. The third-order valence-corrected chi connectivity index (χ3v) is 5.42. The van der Waals surface area contributed by atoms with Gasteiger partial charge in [-0.2, -0.15) is 5.26 Å². The van der Waals surface area contributed by atoms with E-state index in [0.29, 0.717) is 34.3 Å². The smallest absolute Gasteiger partial charge is 0.343 e. The molecule has 7 heteroatoms. The predicted octanol–water partition coefficient (Wildman–Crippen LogP) is 5.34. The van der Waals surface area contributed by atoms with Crippen molar-refractivity contribution in [1.82, 2.24) is 0 Å². The number of nitrogens with two attached hydrogens (primary N) is 1. The molecule has 0 aliphatic carbocycles. The van der Waals surface area contributed by atoms with Gasteiger partial charge in [0, 0.05) is 16.7 Å². The van der Waals surface area contributed by atoms with Gasteiger partial charge in [-0.1, -0.05) is 48.5 Å². The van der Waals surface area contributed by atoms with Crippen molar-refractivity contribution in [3.05, 3.63) is 113 Å². The normalized spacial score (nSPS) is 14.5. The topological polar surface area (TPSA) is 94.6 Å². The number of esters is 1. The van der Waals surface area contributed by atoms with Crippen LogP contribution in [0.5, 0.6) is 17.2 Å². The van der Waals surface area contributed by atoms with Crippen molar-refractivity contribution < 1.29 is 19.0 Å². The number of hydrogen-bond acceptors (Lipinski definition) is 6. The molecule has 1 aliphatic rings. The van der Waals surface area contributed by atoms with E-state index in [9.17, 15) is 10.1 Å². The Morgan fingerprint density at radius 2 is 1.85 bits per heavy atom. The van der Waals surface area contributed by atoms with Crippen LogP contribution in [-0.4, -0.2) is 12.6 Å². The van der Waals surface area contributed by atoms with Crippen LogP contribution in [0.25, 0.3) is 0 Å². The van der Waals surface area contributed by atoms with Crippen molar-refractivity contribution in [2.45, 2.75) is 5.92 Å². The third kappa shape index (κ3) is 4.54. The summed E-state index contributed by atoms with van der Waals surface area (Å²) in [5.41, 5.74) is 8.08. The van der Waals surface area contributed by atoms with E-state index in [1.165, 1.54) is 0 Å². The van der Waals surface area contributed by atoms with Gasteiger partial charge in [0.1, 0.15) is 35.5 Å². The molecule has 3 aromatic rings. The second-order valence-corrected chi connectivity index (χ2v) is 7.57. The van der Waals surface area contributed by atoms with Gasteiger partial charge in [0.2, 0.25) is 5.88 Å². The maximum atomic E-state index is 12.6. The molecule has 0 spiro atoms. The maximum Gasteiger partial charge on any atom is 0.343 e. The quantitative estimate of drug-likeness (QED) is 0.304. The van der Waals surface area contributed by atoms with E-state index in [2.05, 4.69) is 12.6 Å².